The van der Waals surface area contributed by atoms with E-state index in [0.717, 1.165) is 24.3 Å². The van der Waals surface area contributed by atoms with Crippen LogP contribution in [0.25, 0.3) is 0 Å². The van der Waals surface area contributed by atoms with Gasteiger partial charge in [-0.15, -0.1) is 0 Å². The monoisotopic (exact) mass is 298 g/mol. The fourth-order valence-corrected chi connectivity index (χ4v) is 2.75. The number of rotatable bonds is 11. The molecule has 2 atom stereocenters. The molecule has 4 heteroatoms. The highest BCUT2D eigenvalue weighted by Gasteiger charge is 2.12. The quantitative estimate of drug-likeness (QED) is 0.312. The fraction of sp³-hybridized carbons (Fsp3) is 1.00. The first-order valence-corrected chi connectivity index (χ1v) is 8.60. The summed E-state index contributed by atoms with van der Waals surface area (Å²) in [5, 5.41) is 0.890. The zero-order valence-electron chi connectivity index (χ0n) is 10.0. The lowest BCUT2D eigenvalue weighted by Crippen LogP contribution is -2.15. The zero-order chi connectivity index (χ0) is 12.2. The molecule has 0 heterocycles. The van der Waals surface area contributed by atoms with Crippen LogP contribution >= 0.6 is 50.5 Å². The van der Waals surface area contributed by atoms with Gasteiger partial charge in [0.1, 0.15) is 0 Å². The number of hydrogen-bond donors (Lipinski definition) is 4. The molecule has 0 nitrogen and oxygen atoms in total. The maximum Gasteiger partial charge on any atom is 0.0134 e. The molecule has 0 radical (unpaired) electrons. The summed E-state index contributed by atoms with van der Waals surface area (Å²) in [7, 11) is 0. The lowest BCUT2D eigenvalue weighted by Gasteiger charge is -2.17. The Bertz CT molecular complexity index is 141. The molecule has 0 rings (SSSR count). The van der Waals surface area contributed by atoms with Gasteiger partial charge in [-0.25, -0.2) is 0 Å². The Kier molecular flexibility index (Phi) is 14.0. The summed E-state index contributed by atoms with van der Waals surface area (Å²) in [5.41, 5.74) is 0. The van der Waals surface area contributed by atoms with Crippen LogP contribution in [-0.4, -0.2) is 22.0 Å². The van der Waals surface area contributed by atoms with Gasteiger partial charge in [0.25, 0.3) is 0 Å². The van der Waals surface area contributed by atoms with Crippen molar-refractivity contribution in [1.29, 1.82) is 0 Å². The average molecular weight is 299 g/mol. The van der Waals surface area contributed by atoms with Gasteiger partial charge >= 0.3 is 0 Å². The van der Waals surface area contributed by atoms with Crippen molar-refractivity contribution in [1.82, 2.24) is 0 Å². The van der Waals surface area contributed by atoms with Crippen LogP contribution in [0.3, 0.4) is 0 Å². The van der Waals surface area contributed by atoms with Crippen LogP contribution in [-0.2, 0) is 0 Å². The Morgan fingerprint density at radius 3 is 1.56 bits per heavy atom. The van der Waals surface area contributed by atoms with Gasteiger partial charge in [-0.1, -0.05) is 25.7 Å². The first-order valence-electron chi connectivity index (χ1n) is 6.30. The standard InChI is InChI=1S/C12H26S4/c13-9-5-3-1-2-4-7-11(15)12(16)8-6-10-14/h11-16H,1-10H2. The second-order valence-electron chi connectivity index (χ2n) is 4.28. The zero-order valence-corrected chi connectivity index (χ0v) is 13.6. The maximum absolute atomic E-state index is 4.63. The molecule has 0 aliphatic carbocycles. The van der Waals surface area contributed by atoms with Gasteiger partial charge in [-0.05, 0) is 37.2 Å². The largest absolute Gasteiger partial charge is 0.179 e. The maximum atomic E-state index is 4.63. The van der Waals surface area contributed by atoms with Crippen LogP contribution < -0.4 is 0 Å². The normalized spacial score (nSPS) is 15.0. The fourth-order valence-electron chi connectivity index (χ4n) is 1.68. The Morgan fingerprint density at radius 1 is 0.562 bits per heavy atom. The van der Waals surface area contributed by atoms with Gasteiger partial charge in [-0.2, -0.15) is 50.5 Å². The van der Waals surface area contributed by atoms with Gasteiger partial charge in [0.15, 0.2) is 0 Å². The minimum atomic E-state index is 0.438. The molecule has 0 saturated carbocycles. The number of thiol groups is 4. The molecule has 0 aliphatic heterocycles. The topological polar surface area (TPSA) is 0 Å². The van der Waals surface area contributed by atoms with E-state index in [2.05, 4.69) is 50.5 Å². The van der Waals surface area contributed by atoms with Crippen LogP contribution in [0.5, 0.6) is 0 Å². The average Bonchev–Trinajstić information content (AvgIpc) is 2.30. The van der Waals surface area contributed by atoms with Crippen molar-refractivity contribution in [3.8, 4) is 0 Å². The van der Waals surface area contributed by atoms with Crippen LogP contribution in [0.1, 0.15) is 51.4 Å². The molecule has 0 spiro atoms. The summed E-state index contributed by atoms with van der Waals surface area (Å²) in [6.45, 7) is 0. The van der Waals surface area contributed by atoms with E-state index < -0.39 is 0 Å². The summed E-state index contributed by atoms with van der Waals surface area (Å²) in [6, 6.07) is 0. The third kappa shape index (κ3) is 10.5. The molecule has 98 valence electrons. The second kappa shape index (κ2) is 12.8. The highest BCUT2D eigenvalue weighted by atomic mass is 32.1. The molecule has 0 aromatic heterocycles. The van der Waals surface area contributed by atoms with Crippen LogP contribution in [0.2, 0.25) is 0 Å². The smallest absolute Gasteiger partial charge is 0.0134 e. The first-order chi connectivity index (χ1) is 7.72. The highest BCUT2D eigenvalue weighted by molar-refractivity contribution is 7.85. The Balaban J connectivity index is 3.31. The van der Waals surface area contributed by atoms with Gasteiger partial charge in [0, 0.05) is 10.5 Å². The minimum absolute atomic E-state index is 0.438. The van der Waals surface area contributed by atoms with Crippen LogP contribution in [0.15, 0.2) is 0 Å². The second-order valence-corrected chi connectivity index (χ2v) is 6.50. The summed E-state index contributed by atoms with van der Waals surface area (Å²) < 4.78 is 0. The molecule has 0 fully saturated rings. The predicted molar refractivity (Wildman–Crippen MR) is 90.2 cm³/mol. The molecular formula is C12H26S4. The molecule has 2 unspecified atom stereocenters. The minimum Gasteiger partial charge on any atom is -0.179 e. The molecule has 0 bridgehead atoms. The van der Waals surface area contributed by atoms with Gasteiger partial charge in [0.05, 0.1) is 0 Å². The summed E-state index contributed by atoms with van der Waals surface area (Å²) in [6.07, 6.45) is 10.0. The molecule has 0 saturated heterocycles. The van der Waals surface area contributed by atoms with Crippen molar-refractivity contribution < 1.29 is 0 Å². The van der Waals surface area contributed by atoms with E-state index in [0.29, 0.717) is 10.5 Å². The Hall–Kier alpha value is 1.40. The van der Waals surface area contributed by atoms with E-state index in [1.165, 1.54) is 38.5 Å². The summed E-state index contributed by atoms with van der Waals surface area (Å²) >= 11 is 17.7. The van der Waals surface area contributed by atoms with Crippen molar-refractivity contribution >= 4 is 50.5 Å². The third-order valence-electron chi connectivity index (χ3n) is 2.76. The molecule has 0 amide bonds. The third-order valence-corrected chi connectivity index (χ3v) is 4.86. The van der Waals surface area contributed by atoms with Crippen LogP contribution in [0, 0.1) is 0 Å². The van der Waals surface area contributed by atoms with E-state index in [4.69, 9.17) is 0 Å². The molecular weight excluding hydrogens is 272 g/mol. The van der Waals surface area contributed by atoms with Crippen molar-refractivity contribution in [2.75, 3.05) is 11.5 Å². The highest BCUT2D eigenvalue weighted by Crippen LogP contribution is 2.21. The van der Waals surface area contributed by atoms with E-state index in [9.17, 15) is 0 Å². The molecule has 16 heavy (non-hydrogen) atoms. The first kappa shape index (κ1) is 17.4. The molecule has 0 aromatic rings. The van der Waals surface area contributed by atoms with Gasteiger partial charge in [0.2, 0.25) is 0 Å². The lowest BCUT2D eigenvalue weighted by atomic mass is 10.1. The number of hydrogen-bond acceptors (Lipinski definition) is 4. The molecule has 0 aliphatic rings. The van der Waals surface area contributed by atoms with Crippen molar-refractivity contribution in [2.45, 2.75) is 61.9 Å². The van der Waals surface area contributed by atoms with Crippen molar-refractivity contribution in [2.24, 2.45) is 0 Å². The van der Waals surface area contributed by atoms with Crippen molar-refractivity contribution in [3.05, 3.63) is 0 Å². The van der Waals surface area contributed by atoms with Gasteiger partial charge < -0.3 is 0 Å². The summed E-state index contributed by atoms with van der Waals surface area (Å²) in [4.78, 5) is 0. The van der Waals surface area contributed by atoms with E-state index in [-0.39, 0.29) is 0 Å². The van der Waals surface area contributed by atoms with E-state index in [1.54, 1.807) is 0 Å². The van der Waals surface area contributed by atoms with E-state index in [1.807, 2.05) is 0 Å². The summed E-state index contributed by atoms with van der Waals surface area (Å²) in [5.74, 6) is 1.99. The predicted octanol–water partition coefficient (Wildman–Crippen LogP) is 4.56. The van der Waals surface area contributed by atoms with E-state index >= 15 is 0 Å². The van der Waals surface area contributed by atoms with Gasteiger partial charge in [-0.3, -0.25) is 0 Å². The number of unbranched alkanes of at least 4 members (excludes halogenated alkanes) is 4. The lowest BCUT2D eigenvalue weighted by molar-refractivity contribution is 0.582. The Labute approximate surface area is 123 Å². The Morgan fingerprint density at radius 2 is 1.00 bits per heavy atom. The van der Waals surface area contributed by atoms with Crippen molar-refractivity contribution in [3.63, 3.8) is 0 Å². The molecule has 0 aromatic carbocycles. The SMILES string of the molecule is SCCCCCCCC(S)C(S)CCCS. The molecule has 0 N–H and O–H groups in total. The van der Waals surface area contributed by atoms with Crippen LogP contribution in [0.4, 0.5) is 0 Å².